The summed E-state index contributed by atoms with van der Waals surface area (Å²) in [7, 11) is 0. The molecule has 84 valence electrons. The summed E-state index contributed by atoms with van der Waals surface area (Å²) in [6.45, 7) is 3.10. The van der Waals surface area contributed by atoms with Crippen LogP contribution in [0.3, 0.4) is 0 Å². The van der Waals surface area contributed by atoms with Crippen LogP contribution in [-0.4, -0.2) is 11.7 Å². The molecule has 1 aromatic carbocycles. The van der Waals surface area contributed by atoms with Gasteiger partial charge < -0.3 is 9.84 Å². The summed E-state index contributed by atoms with van der Waals surface area (Å²) < 4.78 is 5.44. The highest BCUT2D eigenvalue weighted by atomic mass is 16.5. The number of para-hydroxylation sites is 1. The van der Waals surface area contributed by atoms with Gasteiger partial charge in [-0.15, -0.1) is 0 Å². The molecule has 2 heterocycles. The smallest absolute Gasteiger partial charge is 0.171 e. The van der Waals surface area contributed by atoms with Crippen molar-refractivity contribution in [3.63, 3.8) is 0 Å². The maximum absolute atomic E-state index is 5.44. The zero-order valence-electron chi connectivity index (χ0n) is 9.49. The molecule has 3 nitrogen and oxygen atoms in total. The lowest BCUT2D eigenvalue weighted by atomic mass is 9.96. The van der Waals surface area contributed by atoms with E-state index in [2.05, 4.69) is 28.7 Å². The van der Waals surface area contributed by atoms with Gasteiger partial charge in [-0.1, -0.05) is 23.7 Å². The number of rotatable bonds is 1. The first-order valence-electron chi connectivity index (χ1n) is 5.94. The van der Waals surface area contributed by atoms with Gasteiger partial charge in [0.25, 0.3) is 0 Å². The molecule has 2 aromatic rings. The molecule has 3 heteroatoms. The van der Waals surface area contributed by atoms with Crippen molar-refractivity contribution < 1.29 is 4.52 Å². The normalized spacial score (nSPS) is 21.4. The van der Waals surface area contributed by atoms with Gasteiger partial charge in [-0.05, 0) is 32.4 Å². The van der Waals surface area contributed by atoms with E-state index in [1.807, 2.05) is 6.92 Å². The average molecular weight is 216 g/mol. The molecule has 0 bridgehead atoms. The van der Waals surface area contributed by atoms with E-state index in [-0.39, 0.29) is 0 Å². The topological polar surface area (TPSA) is 38.1 Å². The van der Waals surface area contributed by atoms with E-state index in [0.29, 0.717) is 6.04 Å². The highest BCUT2D eigenvalue weighted by molar-refractivity contribution is 5.82. The molecule has 1 aliphatic heterocycles. The lowest BCUT2D eigenvalue weighted by Gasteiger charge is -2.23. The highest BCUT2D eigenvalue weighted by Crippen LogP contribution is 2.30. The molecule has 0 amide bonds. The summed E-state index contributed by atoms with van der Waals surface area (Å²) in [5.41, 5.74) is 3.20. The Morgan fingerprint density at radius 2 is 2.31 bits per heavy atom. The van der Waals surface area contributed by atoms with Crippen LogP contribution in [0.4, 0.5) is 0 Å². The monoisotopic (exact) mass is 216 g/mol. The van der Waals surface area contributed by atoms with Gasteiger partial charge in [0, 0.05) is 17.0 Å². The first-order valence-corrected chi connectivity index (χ1v) is 5.94. The van der Waals surface area contributed by atoms with Gasteiger partial charge in [-0.3, -0.25) is 0 Å². The molecule has 16 heavy (non-hydrogen) atoms. The van der Waals surface area contributed by atoms with E-state index in [4.69, 9.17) is 4.52 Å². The Balaban J connectivity index is 2.08. The molecule has 1 aliphatic rings. The van der Waals surface area contributed by atoms with Gasteiger partial charge in [0.15, 0.2) is 5.58 Å². The first kappa shape index (κ1) is 9.85. The molecule has 3 rings (SSSR count). The third-order valence-corrected chi connectivity index (χ3v) is 3.39. The zero-order chi connectivity index (χ0) is 11.0. The molecule has 1 fully saturated rings. The fourth-order valence-corrected chi connectivity index (χ4v) is 2.50. The van der Waals surface area contributed by atoms with E-state index in [9.17, 15) is 0 Å². The van der Waals surface area contributed by atoms with E-state index in [1.165, 1.54) is 24.8 Å². The third-order valence-electron chi connectivity index (χ3n) is 3.39. The van der Waals surface area contributed by atoms with E-state index in [0.717, 1.165) is 23.2 Å². The van der Waals surface area contributed by atoms with Crippen LogP contribution in [0.25, 0.3) is 11.0 Å². The number of piperidine rings is 1. The van der Waals surface area contributed by atoms with Crippen LogP contribution in [0.2, 0.25) is 0 Å². The Kier molecular flexibility index (Phi) is 2.40. The van der Waals surface area contributed by atoms with Crippen molar-refractivity contribution in [2.75, 3.05) is 6.54 Å². The van der Waals surface area contributed by atoms with Gasteiger partial charge in [0.1, 0.15) is 0 Å². The summed E-state index contributed by atoms with van der Waals surface area (Å²) in [5.74, 6) is 0. The Morgan fingerprint density at radius 3 is 3.12 bits per heavy atom. The van der Waals surface area contributed by atoms with Crippen molar-refractivity contribution >= 4 is 11.0 Å². The molecule has 0 spiro atoms. The SMILES string of the molecule is Cc1noc2c(C3CCCCN3)cccc12. The molecule has 1 N–H and O–H groups in total. The van der Waals surface area contributed by atoms with Crippen LogP contribution in [-0.2, 0) is 0 Å². The average Bonchev–Trinajstić information content (AvgIpc) is 2.73. The minimum atomic E-state index is 0.435. The van der Waals surface area contributed by atoms with E-state index >= 15 is 0 Å². The molecule has 1 aromatic heterocycles. The van der Waals surface area contributed by atoms with Gasteiger partial charge in [-0.25, -0.2) is 0 Å². The van der Waals surface area contributed by atoms with Crippen molar-refractivity contribution in [2.24, 2.45) is 0 Å². The second-order valence-corrected chi connectivity index (χ2v) is 4.49. The molecule has 0 saturated carbocycles. The highest BCUT2D eigenvalue weighted by Gasteiger charge is 2.19. The van der Waals surface area contributed by atoms with Crippen molar-refractivity contribution in [3.8, 4) is 0 Å². The summed E-state index contributed by atoms with van der Waals surface area (Å²) in [4.78, 5) is 0. The van der Waals surface area contributed by atoms with E-state index < -0.39 is 0 Å². The number of aryl methyl sites for hydroxylation is 1. The number of nitrogens with one attached hydrogen (secondary N) is 1. The number of fused-ring (bicyclic) bond motifs is 1. The number of nitrogens with zero attached hydrogens (tertiary/aromatic N) is 1. The van der Waals surface area contributed by atoms with Crippen LogP contribution < -0.4 is 5.32 Å². The van der Waals surface area contributed by atoms with Gasteiger partial charge in [0.2, 0.25) is 0 Å². The summed E-state index contributed by atoms with van der Waals surface area (Å²) in [5, 5.41) is 8.74. The minimum Gasteiger partial charge on any atom is -0.356 e. The van der Waals surface area contributed by atoms with Crippen LogP contribution in [0, 0.1) is 6.92 Å². The van der Waals surface area contributed by atoms with Crippen molar-refractivity contribution in [1.29, 1.82) is 0 Å². The summed E-state index contributed by atoms with van der Waals surface area (Å²) in [6.07, 6.45) is 3.77. The quantitative estimate of drug-likeness (QED) is 0.796. The second-order valence-electron chi connectivity index (χ2n) is 4.49. The number of hydrogen-bond donors (Lipinski definition) is 1. The number of benzene rings is 1. The fourth-order valence-electron chi connectivity index (χ4n) is 2.50. The molecule has 1 saturated heterocycles. The Labute approximate surface area is 94.8 Å². The van der Waals surface area contributed by atoms with Gasteiger partial charge in [-0.2, -0.15) is 0 Å². The first-order chi connectivity index (χ1) is 7.86. The van der Waals surface area contributed by atoms with Gasteiger partial charge >= 0.3 is 0 Å². The Morgan fingerprint density at radius 1 is 1.38 bits per heavy atom. The van der Waals surface area contributed by atoms with Crippen molar-refractivity contribution in [1.82, 2.24) is 10.5 Å². The maximum atomic E-state index is 5.44. The van der Waals surface area contributed by atoms with Crippen molar-refractivity contribution in [2.45, 2.75) is 32.2 Å². The number of hydrogen-bond acceptors (Lipinski definition) is 3. The minimum absolute atomic E-state index is 0.435. The molecule has 0 radical (unpaired) electrons. The second kappa shape index (κ2) is 3.91. The predicted octanol–water partition coefficient (Wildman–Crippen LogP) is 2.95. The van der Waals surface area contributed by atoms with Crippen LogP contribution in [0.15, 0.2) is 22.7 Å². The van der Waals surface area contributed by atoms with Crippen LogP contribution in [0.5, 0.6) is 0 Å². The Bertz CT molecular complexity index is 498. The molecule has 0 aliphatic carbocycles. The van der Waals surface area contributed by atoms with Crippen molar-refractivity contribution in [3.05, 3.63) is 29.5 Å². The largest absolute Gasteiger partial charge is 0.356 e. The zero-order valence-corrected chi connectivity index (χ0v) is 9.49. The lowest BCUT2D eigenvalue weighted by Crippen LogP contribution is -2.26. The standard InChI is InChI=1S/C13H16N2O/c1-9-10-5-4-6-11(13(10)16-15-9)12-7-2-3-8-14-12/h4-6,12,14H,2-3,7-8H2,1H3. The number of aromatic nitrogens is 1. The predicted molar refractivity (Wildman–Crippen MR) is 63.3 cm³/mol. The lowest BCUT2D eigenvalue weighted by molar-refractivity contribution is 0.401. The molecular weight excluding hydrogens is 200 g/mol. The molecule has 1 unspecified atom stereocenters. The fraction of sp³-hybridized carbons (Fsp3) is 0.462. The summed E-state index contributed by atoms with van der Waals surface area (Å²) >= 11 is 0. The molecular formula is C13H16N2O. The van der Waals surface area contributed by atoms with Crippen LogP contribution in [0.1, 0.15) is 36.6 Å². The molecule has 1 atom stereocenters. The Hall–Kier alpha value is -1.35. The van der Waals surface area contributed by atoms with Gasteiger partial charge in [0.05, 0.1) is 5.69 Å². The van der Waals surface area contributed by atoms with Crippen LogP contribution >= 0.6 is 0 Å². The maximum Gasteiger partial charge on any atom is 0.171 e. The third kappa shape index (κ3) is 1.52. The summed E-state index contributed by atoms with van der Waals surface area (Å²) in [6, 6.07) is 6.76. The van der Waals surface area contributed by atoms with E-state index in [1.54, 1.807) is 0 Å².